The van der Waals surface area contributed by atoms with Gasteiger partial charge in [-0.25, -0.2) is 0 Å². The Morgan fingerprint density at radius 1 is 1.22 bits per heavy atom. The highest BCUT2D eigenvalue weighted by Crippen LogP contribution is 2.16. The van der Waals surface area contributed by atoms with Gasteiger partial charge in [-0.15, -0.1) is 11.6 Å². The minimum absolute atomic E-state index is 0.350. The number of rotatable bonds is 8. The molecule has 0 N–H and O–H groups in total. The van der Waals surface area contributed by atoms with Gasteiger partial charge in [0.2, 0.25) is 0 Å². The zero-order valence-corrected chi connectivity index (χ0v) is 11.8. The topological polar surface area (TPSA) is 17.1 Å². The van der Waals surface area contributed by atoms with Crippen LogP contribution in [-0.4, -0.2) is 11.7 Å². The molecule has 0 heterocycles. The smallest absolute Gasteiger partial charge is 0.133 e. The van der Waals surface area contributed by atoms with Crippen LogP contribution in [0, 0.1) is 0 Å². The Bertz CT molecular complexity index is 409. The summed E-state index contributed by atoms with van der Waals surface area (Å²) in [6.45, 7) is 5.97. The van der Waals surface area contributed by atoms with Gasteiger partial charge in [-0.2, -0.15) is 0 Å². The fourth-order valence-electron chi connectivity index (χ4n) is 1.97. The van der Waals surface area contributed by atoms with E-state index in [4.69, 9.17) is 11.6 Å². The molecule has 18 heavy (non-hydrogen) atoms. The number of Topliss-reactive ketones (excluding diaryl/α,β-unsaturated/α-hetero) is 1. The molecule has 0 aromatic heterocycles. The predicted molar refractivity (Wildman–Crippen MR) is 78.2 cm³/mol. The zero-order valence-electron chi connectivity index (χ0n) is 11.0. The van der Waals surface area contributed by atoms with Crippen molar-refractivity contribution in [3.05, 3.63) is 47.5 Å². The fraction of sp³-hybridized carbons (Fsp3) is 0.438. The summed E-state index contributed by atoms with van der Waals surface area (Å²) < 4.78 is 0. The van der Waals surface area contributed by atoms with Crippen molar-refractivity contribution in [2.45, 2.75) is 39.0 Å². The molecule has 0 aliphatic carbocycles. The van der Waals surface area contributed by atoms with Gasteiger partial charge in [0.05, 0.1) is 0 Å². The molecule has 0 radical (unpaired) electrons. The van der Waals surface area contributed by atoms with Crippen LogP contribution in [0.3, 0.4) is 0 Å². The van der Waals surface area contributed by atoms with Gasteiger partial charge < -0.3 is 0 Å². The number of carbonyl (C=O) groups excluding carboxylic acids is 1. The molecule has 0 saturated carbocycles. The average Bonchev–Trinajstić information content (AvgIpc) is 2.38. The SMILES string of the molecule is C=C(CCl)Cc1ccccc1CCC(=O)CCC. The Hall–Kier alpha value is -1.08. The van der Waals surface area contributed by atoms with Gasteiger partial charge in [-0.05, 0) is 30.4 Å². The molecule has 0 unspecified atom stereocenters. The first-order chi connectivity index (χ1) is 8.67. The van der Waals surface area contributed by atoms with Crippen molar-refractivity contribution in [1.82, 2.24) is 0 Å². The highest BCUT2D eigenvalue weighted by molar-refractivity contribution is 6.19. The number of hydrogen-bond donors (Lipinski definition) is 0. The quantitative estimate of drug-likeness (QED) is 0.505. The Labute approximate surface area is 115 Å². The molecular weight excluding hydrogens is 244 g/mol. The summed E-state index contributed by atoms with van der Waals surface area (Å²) in [5, 5.41) is 0. The predicted octanol–water partition coefficient (Wildman–Crippen LogP) is 4.33. The van der Waals surface area contributed by atoms with Gasteiger partial charge in [0, 0.05) is 18.7 Å². The van der Waals surface area contributed by atoms with Crippen molar-refractivity contribution in [2.24, 2.45) is 0 Å². The number of alkyl halides is 1. The third kappa shape index (κ3) is 5.05. The number of hydrogen-bond acceptors (Lipinski definition) is 1. The summed E-state index contributed by atoms with van der Waals surface area (Å²) in [7, 11) is 0. The van der Waals surface area contributed by atoms with E-state index >= 15 is 0 Å². The Morgan fingerprint density at radius 2 is 1.89 bits per heavy atom. The maximum atomic E-state index is 11.6. The summed E-state index contributed by atoms with van der Waals surface area (Å²) in [6, 6.07) is 8.23. The molecule has 0 fully saturated rings. The highest BCUT2D eigenvalue weighted by Gasteiger charge is 2.06. The number of benzene rings is 1. The molecule has 0 bridgehead atoms. The standard InChI is InChI=1S/C16H21ClO/c1-3-6-16(18)10-9-14-7-4-5-8-15(14)11-13(2)12-17/h4-5,7-8H,2-3,6,9-12H2,1H3. The fourth-order valence-corrected chi connectivity index (χ4v) is 2.06. The number of aryl methyl sites for hydroxylation is 1. The van der Waals surface area contributed by atoms with Crippen LogP contribution in [0.15, 0.2) is 36.4 Å². The van der Waals surface area contributed by atoms with Gasteiger partial charge in [0.15, 0.2) is 0 Å². The van der Waals surface area contributed by atoms with Gasteiger partial charge in [-0.3, -0.25) is 4.79 Å². The second-order valence-corrected chi connectivity index (χ2v) is 4.89. The lowest BCUT2D eigenvalue weighted by Crippen LogP contribution is -2.02. The molecular formula is C16H21ClO. The Balaban J connectivity index is 2.64. The number of carbonyl (C=O) groups is 1. The van der Waals surface area contributed by atoms with Crippen LogP contribution in [0.4, 0.5) is 0 Å². The minimum atomic E-state index is 0.350. The van der Waals surface area contributed by atoms with E-state index in [0.717, 1.165) is 24.8 Å². The second kappa shape index (κ2) is 8.10. The van der Waals surface area contributed by atoms with Crippen LogP contribution in [0.1, 0.15) is 37.3 Å². The molecule has 1 aromatic rings. The van der Waals surface area contributed by atoms with Gasteiger partial charge in [-0.1, -0.05) is 43.3 Å². The Morgan fingerprint density at radius 3 is 2.50 bits per heavy atom. The summed E-state index contributed by atoms with van der Waals surface area (Å²) in [5.41, 5.74) is 3.50. The van der Waals surface area contributed by atoms with Crippen LogP contribution >= 0.6 is 11.6 Å². The summed E-state index contributed by atoms with van der Waals surface area (Å²) in [5.74, 6) is 0.840. The van der Waals surface area contributed by atoms with Crippen molar-refractivity contribution in [2.75, 3.05) is 5.88 Å². The monoisotopic (exact) mass is 264 g/mol. The highest BCUT2D eigenvalue weighted by atomic mass is 35.5. The van der Waals surface area contributed by atoms with Crippen molar-refractivity contribution < 1.29 is 4.79 Å². The Kier molecular flexibility index (Phi) is 6.74. The molecule has 0 aliphatic heterocycles. The van der Waals surface area contributed by atoms with Crippen LogP contribution in [-0.2, 0) is 17.6 Å². The van der Waals surface area contributed by atoms with E-state index in [1.807, 2.05) is 19.1 Å². The van der Waals surface area contributed by atoms with Crippen LogP contribution < -0.4 is 0 Å². The third-order valence-electron chi connectivity index (χ3n) is 2.95. The lowest BCUT2D eigenvalue weighted by atomic mass is 9.96. The summed E-state index contributed by atoms with van der Waals surface area (Å²) in [6.07, 6.45) is 3.89. The van der Waals surface area contributed by atoms with E-state index in [1.54, 1.807) is 0 Å². The average molecular weight is 265 g/mol. The van der Waals surface area contributed by atoms with Gasteiger partial charge in [0.25, 0.3) is 0 Å². The zero-order chi connectivity index (χ0) is 13.4. The molecule has 1 rings (SSSR count). The number of halogens is 1. The molecule has 0 spiro atoms. The van der Waals surface area contributed by atoms with Gasteiger partial charge in [0.1, 0.15) is 5.78 Å². The normalized spacial score (nSPS) is 10.3. The van der Waals surface area contributed by atoms with Crippen LogP contribution in [0.2, 0.25) is 0 Å². The molecule has 0 saturated heterocycles. The third-order valence-corrected chi connectivity index (χ3v) is 3.33. The van der Waals surface area contributed by atoms with Gasteiger partial charge >= 0.3 is 0 Å². The van der Waals surface area contributed by atoms with Crippen molar-refractivity contribution >= 4 is 17.4 Å². The van der Waals surface area contributed by atoms with E-state index in [1.165, 1.54) is 11.1 Å². The molecule has 0 atom stereocenters. The minimum Gasteiger partial charge on any atom is -0.300 e. The molecule has 98 valence electrons. The largest absolute Gasteiger partial charge is 0.300 e. The lowest BCUT2D eigenvalue weighted by molar-refractivity contribution is -0.119. The first kappa shape index (κ1) is 15.0. The first-order valence-electron chi connectivity index (χ1n) is 6.48. The molecule has 2 heteroatoms. The maximum Gasteiger partial charge on any atom is 0.133 e. The van der Waals surface area contributed by atoms with E-state index in [2.05, 4.69) is 18.7 Å². The summed E-state index contributed by atoms with van der Waals surface area (Å²) >= 11 is 5.77. The van der Waals surface area contributed by atoms with E-state index in [0.29, 0.717) is 24.5 Å². The van der Waals surface area contributed by atoms with Crippen LogP contribution in [0.25, 0.3) is 0 Å². The first-order valence-corrected chi connectivity index (χ1v) is 7.02. The lowest BCUT2D eigenvalue weighted by Gasteiger charge is -2.09. The molecule has 0 aliphatic rings. The van der Waals surface area contributed by atoms with Crippen molar-refractivity contribution in [3.63, 3.8) is 0 Å². The van der Waals surface area contributed by atoms with E-state index in [-0.39, 0.29) is 0 Å². The molecule has 1 nitrogen and oxygen atoms in total. The number of allylic oxidation sites excluding steroid dienone is 1. The summed E-state index contributed by atoms with van der Waals surface area (Å²) in [4.78, 5) is 11.6. The van der Waals surface area contributed by atoms with Crippen LogP contribution in [0.5, 0.6) is 0 Å². The second-order valence-electron chi connectivity index (χ2n) is 4.62. The maximum absolute atomic E-state index is 11.6. The van der Waals surface area contributed by atoms with E-state index in [9.17, 15) is 4.79 Å². The van der Waals surface area contributed by atoms with Crippen molar-refractivity contribution in [1.29, 1.82) is 0 Å². The molecule has 1 aromatic carbocycles. The van der Waals surface area contributed by atoms with E-state index < -0.39 is 0 Å². The number of ketones is 1. The molecule has 0 amide bonds. The van der Waals surface area contributed by atoms with Crippen molar-refractivity contribution in [3.8, 4) is 0 Å².